The van der Waals surface area contributed by atoms with E-state index < -0.39 is 35.1 Å². The van der Waals surface area contributed by atoms with Gasteiger partial charge in [-0.15, -0.1) is 0 Å². The smallest absolute Gasteiger partial charge is 0.262 e. The van der Waals surface area contributed by atoms with E-state index in [1.54, 1.807) is 24.4 Å². The standard InChI is InChI=1S/C48H50N8O6/c1-27-25-55(32-10-11-33-34(23-32)44(61)56(43(33)60)36-12-14-38(57)51-42(36)59)22-21-54(27)26-28-16-19-53(20-17-28)31-8-5-29(6-9-31)41(58)52-45-47(2,3)46-48(45,4)35-15-18-50-40-30(24-49)7-13-37(62-46)39(35)40/h5-11,13,15,18,23,27-28,36,45-46H,12,14,16-17,19-22,25-26H2,1-4H3,(H,52,58)(H,51,57,59)/t27-,36?,45?,46-,48?/m0/s1. The zero-order valence-electron chi connectivity index (χ0n) is 35.4. The summed E-state index contributed by atoms with van der Waals surface area (Å²) in [6.45, 7) is 14.0. The number of aromatic nitrogens is 1. The number of hydrogen-bond donors (Lipinski definition) is 2. The molecule has 10 rings (SSSR count). The number of piperidine rings is 2. The average Bonchev–Trinajstić information content (AvgIpc) is 3.52. The van der Waals surface area contributed by atoms with Crippen LogP contribution in [0.5, 0.6) is 5.75 Å². The van der Waals surface area contributed by atoms with Crippen LogP contribution < -0.4 is 25.2 Å². The van der Waals surface area contributed by atoms with Crippen LogP contribution in [0, 0.1) is 22.7 Å². The number of nitriles is 1. The van der Waals surface area contributed by atoms with Gasteiger partial charge in [-0.2, -0.15) is 5.26 Å². The number of piperazine rings is 1. The van der Waals surface area contributed by atoms with Crippen LogP contribution in [0.25, 0.3) is 10.9 Å². The van der Waals surface area contributed by atoms with E-state index in [1.807, 2.05) is 30.3 Å². The number of fused-ring (bicyclic) bond motifs is 3. The van der Waals surface area contributed by atoms with Crippen molar-refractivity contribution in [2.24, 2.45) is 11.3 Å². The fraction of sp³-hybridized carbons (Fsp3) is 0.438. The molecule has 0 radical (unpaired) electrons. The lowest BCUT2D eigenvalue weighted by atomic mass is 9.45. The highest BCUT2D eigenvalue weighted by Gasteiger charge is 2.69. The van der Waals surface area contributed by atoms with Crippen molar-refractivity contribution in [1.82, 2.24) is 25.4 Å². The van der Waals surface area contributed by atoms with Crippen LogP contribution >= 0.6 is 0 Å². The molecule has 6 aliphatic rings. The number of ether oxygens (including phenoxy) is 1. The summed E-state index contributed by atoms with van der Waals surface area (Å²) in [5.74, 6) is -0.817. The van der Waals surface area contributed by atoms with E-state index >= 15 is 0 Å². The number of nitrogens with zero attached hydrogens (tertiary/aromatic N) is 6. The minimum absolute atomic E-state index is 0.0878. The van der Waals surface area contributed by atoms with Crippen molar-refractivity contribution in [3.05, 3.63) is 94.7 Å². The van der Waals surface area contributed by atoms with E-state index in [-0.39, 0.29) is 42.4 Å². The molecule has 5 aliphatic heterocycles. The maximum atomic E-state index is 13.9. The Morgan fingerprint density at radius 1 is 0.903 bits per heavy atom. The molecule has 318 valence electrons. The summed E-state index contributed by atoms with van der Waals surface area (Å²) in [5, 5.41) is 16.2. The first-order chi connectivity index (χ1) is 29.8. The number of nitrogens with one attached hydrogen (secondary N) is 2. The molecule has 3 unspecified atom stereocenters. The van der Waals surface area contributed by atoms with E-state index in [2.05, 4.69) is 76.2 Å². The number of benzene rings is 3. The molecule has 62 heavy (non-hydrogen) atoms. The Kier molecular flexibility index (Phi) is 9.40. The number of amides is 5. The molecule has 14 heteroatoms. The summed E-state index contributed by atoms with van der Waals surface area (Å²) in [4.78, 5) is 77.4. The van der Waals surface area contributed by atoms with Gasteiger partial charge in [0.2, 0.25) is 11.8 Å². The zero-order chi connectivity index (χ0) is 43.2. The van der Waals surface area contributed by atoms with Crippen molar-refractivity contribution in [2.75, 3.05) is 49.1 Å². The first-order valence-corrected chi connectivity index (χ1v) is 21.8. The highest BCUT2D eigenvalue weighted by Crippen LogP contribution is 2.61. The van der Waals surface area contributed by atoms with Gasteiger partial charge in [-0.05, 0) is 105 Å². The van der Waals surface area contributed by atoms with Crippen LogP contribution in [-0.4, -0.2) is 108 Å². The van der Waals surface area contributed by atoms with E-state index in [0.29, 0.717) is 33.7 Å². The Morgan fingerprint density at radius 2 is 1.65 bits per heavy atom. The predicted octanol–water partition coefficient (Wildman–Crippen LogP) is 4.79. The Hall–Kier alpha value is -6.33. The monoisotopic (exact) mass is 834 g/mol. The number of anilines is 2. The lowest BCUT2D eigenvalue weighted by Crippen LogP contribution is -2.78. The number of carbonyl (C=O) groups excluding carboxylic acids is 5. The van der Waals surface area contributed by atoms with E-state index in [0.717, 1.165) is 85.1 Å². The van der Waals surface area contributed by atoms with Gasteiger partial charge in [0.1, 0.15) is 24.0 Å². The molecule has 0 spiro atoms. The van der Waals surface area contributed by atoms with Crippen LogP contribution in [0.1, 0.15) is 95.6 Å². The molecular formula is C48H50N8O6. The van der Waals surface area contributed by atoms with Crippen molar-refractivity contribution in [2.45, 2.75) is 83.0 Å². The van der Waals surface area contributed by atoms with Crippen LogP contribution in [0.2, 0.25) is 0 Å². The SMILES string of the molecule is C[C@H]1CN(c2ccc3c(c2)C(=O)N(C2CCC(=O)NC2=O)C3=O)CCN1CC1CCN(c2ccc(C(=O)NC3C(C)(C)[C@@H]4Oc5ccc(C#N)c6nccc(c56)C34C)cc2)CC1. The second kappa shape index (κ2) is 14.7. The highest BCUT2D eigenvalue weighted by atomic mass is 16.5. The Labute approximate surface area is 360 Å². The van der Waals surface area contributed by atoms with Gasteiger partial charge in [0.25, 0.3) is 17.7 Å². The Balaban J connectivity index is 0.729. The quantitative estimate of drug-likeness (QED) is 0.246. The van der Waals surface area contributed by atoms with Gasteiger partial charge in [0.15, 0.2) is 0 Å². The molecule has 0 bridgehead atoms. The molecule has 1 saturated carbocycles. The van der Waals surface area contributed by atoms with Crippen molar-refractivity contribution >= 4 is 51.8 Å². The molecule has 4 fully saturated rings. The number of rotatable bonds is 7. The van der Waals surface area contributed by atoms with Crippen molar-refractivity contribution in [3.8, 4) is 11.8 Å². The van der Waals surface area contributed by atoms with Crippen LogP contribution in [-0.2, 0) is 15.0 Å². The van der Waals surface area contributed by atoms with E-state index in [1.165, 1.54) is 0 Å². The molecule has 5 amide bonds. The maximum Gasteiger partial charge on any atom is 0.262 e. The number of imide groups is 2. The zero-order valence-corrected chi connectivity index (χ0v) is 35.4. The third-order valence-corrected chi connectivity index (χ3v) is 14.8. The molecule has 14 nitrogen and oxygen atoms in total. The maximum absolute atomic E-state index is 13.9. The third-order valence-electron chi connectivity index (χ3n) is 14.8. The van der Waals surface area contributed by atoms with Gasteiger partial charge in [-0.3, -0.25) is 44.1 Å². The molecule has 5 atom stereocenters. The first-order valence-electron chi connectivity index (χ1n) is 21.8. The molecule has 4 aromatic rings. The van der Waals surface area contributed by atoms with E-state index in [4.69, 9.17) is 4.74 Å². The third kappa shape index (κ3) is 6.14. The van der Waals surface area contributed by atoms with Crippen LogP contribution in [0.15, 0.2) is 66.9 Å². The van der Waals surface area contributed by atoms with Gasteiger partial charge in [-0.25, -0.2) is 0 Å². The molecule has 3 saturated heterocycles. The number of pyridine rings is 1. The fourth-order valence-corrected chi connectivity index (χ4v) is 11.6. The van der Waals surface area contributed by atoms with Crippen molar-refractivity contribution in [1.29, 1.82) is 5.26 Å². The van der Waals surface area contributed by atoms with Gasteiger partial charge < -0.3 is 19.9 Å². The lowest BCUT2D eigenvalue weighted by Gasteiger charge is -2.66. The first kappa shape index (κ1) is 39.8. The van der Waals surface area contributed by atoms with Gasteiger partial charge in [-0.1, -0.05) is 13.8 Å². The lowest BCUT2D eigenvalue weighted by molar-refractivity contribution is -0.136. The molecular weight excluding hydrogens is 785 g/mol. The Morgan fingerprint density at radius 3 is 2.37 bits per heavy atom. The molecule has 6 heterocycles. The molecule has 2 N–H and O–H groups in total. The average molecular weight is 835 g/mol. The number of carbonyl (C=O) groups is 5. The summed E-state index contributed by atoms with van der Waals surface area (Å²) < 4.78 is 6.59. The molecule has 3 aromatic carbocycles. The van der Waals surface area contributed by atoms with E-state index in [9.17, 15) is 29.2 Å². The minimum Gasteiger partial charge on any atom is -0.488 e. The highest BCUT2D eigenvalue weighted by molar-refractivity contribution is 6.23. The normalized spacial score (nSPS) is 26.9. The summed E-state index contributed by atoms with van der Waals surface area (Å²) in [6, 6.07) is 20.3. The summed E-state index contributed by atoms with van der Waals surface area (Å²) in [5.41, 5.74) is 4.51. The number of hydrogen-bond acceptors (Lipinski definition) is 11. The second-order valence-corrected chi connectivity index (χ2v) is 18.8. The summed E-state index contributed by atoms with van der Waals surface area (Å²) in [6.07, 6.45) is 3.95. The topological polar surface area (TPSA) is 168 Å². The summed E-state index contributed by atoms with van der Waals surface area (Å²) >= 11 is 0. The van der Waals surface area contributed by atoms with Gasteiger partial charge in [0, 0.05) is 85.7 Å². The molecule has 1 aromatic heterocycles. The Bertz CT molecular complexity index is 2610. The van der Waals surface area contributed by atoms with Crippen LogP contribution in [0.4, 0.5) is 11.4 Å². The molecule has 1 aliphatic carbocycles. The van der Waals surface area contributed by atoms with Crippen LogP contribution in [0.3, 0.4) is 0 Å². The minimum atomic E-state index is -0.981. The second-order valence-electron chi connectivity index (χ2n) is 18.8. The largest absolute Gasteiger partial charge is 0.488 e. The van der Waals surface area contributed by atoms with Crippen molar-refractivity contribution < 1.29 is 28.7 Å². The predicted molar refractivity (Wildman–Crippen MR) is 231 cm³/mol. The summed E-state index contributed by atoms with van der Waals surface area (Å²) in [7, 11) is 0. The van der Waals surface area contributed by atoms with Gasteiger partial charge in [0.05, 0.1) is 33.7 Å². The van der Waals surface area contributed by atoms with Gasteiger partial charge >= 0.3 is 0 Å². The fourth-order valence-electron chi connectivity index (χ4n) is 11.6. The van der Waals surface area contributed by atoms with Crippen molar-refractivity contribution in [3.63, 3.8) is 0 Å².